The summed E-state index contributed by atoms with van der Waals surface area (Å²) < 4.78 is 10.2. The van der Waals surface area contributed by atoms with Crippen LogP contribution in [-0.2, 0) is 15.9 Å². The molecule has 0 saturated carbocycles. The molecular formula is C11H18N2O2. The summed E-state index contributed by atoms with van der Waals surface area (Å²) in [4.78, 5) is 4.20. The van der Waals surface area contributed by atoms with Crippen LogP contribution in [0.5, 0.6) is 0 Å². The van der Waals surface area contributed by atoms with Gasteiger partial charge in [0.05, 0.1) is 13.2 Å². The summed E-state index contributed by atoms with van der Waals surface area (Å²) in [6, 6.07) is 5.69. The molecular weight excluding hydrogens is 192 g/mol. The van der Waals surface area contributed by atoms with E-state index in [9.17, 15) is 0 Å². The van der Waals surface area contributed by atoms with Gasteiger partial charge in [0.1, 0.15) is 5.82 Å². The number of rotatable bonds is 7. The normalized spacial score (nSPS) is 10.5. The number of nitrogen functional groups attached to an aromatic ring is 1. The number of ether oxygens (including phenoxy) is 2. The Labute approximate surface area is 90.4 Å². The molecule has 2 N–H and O–H groups in total. The molecule has 4 heteroatoms. The highest BCUT2D eigenvalue weighted by Gasteiger charge is 1.95. The van der Waals surface area contributed by atoms with E-state index in [1.165, 1.54) is 0 Å². The second kappa shape index (κ2) is 7.20. The number of pyridine rings is 1. The lowest BCUT2D eigenvalue weighted by Gasteiger charge is -2.03. The van der Waals surface area contributed by atoms with E-state index in [1.54, 1.807) is 13.2 Å². The van der Waals surface area contributed by atoms with Gasteiger partial charge in [-0.05, 0) is 25.0 Å². The number of aryl methyl sites for hydroxylation is 1. The Hall–Kier alpha value is -1.13. The van der Waals surface area contributed by atoms with E-state index in [-0.39, 0.29) is 0 Å². The maximum Gasteiger partial charge on any atom is 0.123 e. The minimum Gasteiger partial charge on any atom is -0.384 e. The van der Waals surface area contributed by atoms with E-state index in [2.05, 4.69) is 4.98 Å². The van der Waals surface area contributed by atoms with Crippen LogP contribution in [0.15, 0.2) is 18.2 Å². The molecule has 0 atom stereocenters. The first kappa shape index (κ1) is 11.9. The minimum atomic E-state index is 0.577. The summed E-state index contributed by atoms with van der Waals surface area (Å²) in [6.07, 6.45) is 1.86. The first-order valence-corrected chi connectivity index (χ1v) is 5.11. The van der Waals surface area contributed by atoms with Gasteiger partial charge < -0.3 is 15.2 Å². The SMILES string of the molecule is COCCOCCCc1cccc(N)n1. The quantitative estimate of drug-likeness (QED) is 0.688. The Bertz CT molecular complexity index is 279. The maximum absolute atomic E-state index is 5.57. The van der Waals surface area contributed by atoms with Crippen molar-refractivity contribution in [3.63, 3.8) is 0 Å². The molecule has 0 aliphatic rings. The summed E-state index contributed by atoms with van der Waals surface area (Å²) in [6.45, 7) is 2.04. The Morgan fingerprint density at radius 1 is 1.27 bits per heavy atom. The number of aromatic nitrogens is 1. The van der Waals surface area contributed by atoms with Crippen LogP contribution in [0, 0.1) is 0 Å². The minimum absolute atomic E-state index is 0.577. The summed E-state index contributed by atoms with van der Waals surface area (Å²) >= 11 is 0. The Balaban J connectivity index is 2.10. The summed E-state index contributed by atoms with van der Waals surface area (Å²) in [5, 5.41) is 0. The van der Waals surface area contributed by atoms with Crippen LogP contribution in [0.1, 0.15) is 12.1 Å². The van der Waals surface area contributed by atoms with Crippen molar-refractivity contribution in [1.82, 2.24) is 4.98 Å². The molecule has 0 saturated heterocycles. The third kappa shape index (κ3) is 5.34. The molecule has 84 valence electrons. The number of methoxy groups -OCH3 is 1. The molecule has 4 nitrogen and oxygen atoms in total. The largest absolute Gasteiger partial charge is 0.384 e. The van der Waals surface area contributed by atoms with Crippen LogP contribution in [0.25, 0.3) is 0 Å². The predicted molar refractivity (Wildman–Crippen MR) is 59.7 cm³/mol. The molecule has 0 aliphatic carbocycles. The molecule has 0 unspecified atom stereocenters. The molecule has 0 radical (unpaired) electrons. The fraction of sp³-hybridized carbons (Fsp3) is 0.545. The van der Waals surface area contributed by atoms with Gasteiger partial charge in [-0.3, -0.25) is 0 Å². The van der Waals surface area contributed by atoms with Gasteiger partial charge in [0, 0.05) is 19.4 Å². The van der Waals surface area contributed by atoms with Gasteiger partial charge in [0.15, 0.2) is 0 Å². The van der Waals surface area contributed by atoms with E-state index in [0.717, 1.165) is 25.1 Å². The Kier molecular flexibility index (Phi) is 5.73. The fourth-order valence-corrected chi connectivity index (χ4v) is 1.24. The van der Waals surface area contributed by atoms with E-state index >= 15 is 0 Å². The third-order valence-corrected chi connectivity index (χ3v) is 1.98. The molecule has 0 aromatic carbocycles. The standard InChI is InChI=1S/C11H18N2O2/c1-14-8-9-15-7-3-5-10-4-2-6-11(12)13-10/h2,4,6H,3,5,7-9H2,1H3,(H2,12,13). The van der Waals surface area contributed by atoms with Crippen molar-refractivity contribution in [2.75, 3.05) is 32.7 Å². The Morgan fingerprint density at radius 3 is 2.87 bits per heavy atom. The summed E-state index contributed by atoms with van der Waals surface area (Å²) in [5.74, 6) is 0.577. The van der Waals surface area contributed by atoms with Crippen molar-refractivity contribution in [2.24, 2.45) is 0 Å². The molecule has 1 aromatic heterocycles. The van der Waals surface area contributed by atoms with Crippen molar-refractivity contribution in [3.05, 3.63) is 23.9 Å². The first-order chi connectivity index (χ1) is 7.33. The number of nitrogens with two attached hydrogens (primary N) is 1. The van der Waals surface area contributed by atoms with Gasteiger partial charge >= 0.3 is 0 Å². The van der Waals surface area contributed by atoms with Crippen molar-refractivity contribution >= 4 is 5.82 Å². The maximum atomic E-state index is 5.57. The summed E-state index contributed by atoms with van der Waals surface area (Å²) in [7, 11) is 1.67. The zero-order valence-electron chi connectivity index (χ0n) is 9.11. The Morgan fingerprint density at radius 2 is 2.13 bits per heavy atom. The number of hydrogen-bond acceptors (Lipinski definition) is 4. The lowest BCUT2D eigenvalue weighted by atomic mass is 10.2. The lowest BCUT2D eigenvalue weighted by Crippen LogP contribution is -2.04. The average molecular weight is 210 g/mol. The molecule has 1 aromatic rings. The summed E-state index contributed by atoms with van der Waals surface area (Å²) in [5.41, 5.74) is 6.59. The average Bonchev–Trinajstić information content (AvgIpc) is 2.23. The first-order valence-electron chi connectivity index (χ1n) is 5.11. The van der Waals surface area contributed by atoms with E-state index in [0.29, 0.717) is 19.0 Å². The number of nitrogens with zero attached hydrogens (tertiary/aromatic N) is 1. The molecule has 0 fully saturated rings. The van der Waals surface area contributed by atoms with Crippen molar-refractivity contribution in [3.8, 4) is 0 Å². The molecule has 15 heavy (non-hydrogen) atoms. The van der Waals surface area contributed by atoms with Crippen LogP contribution in [-0.4, -0.2) is 31.9 Å². The number of anilines is 1. The third-order valence-electron chi connectivity index (χ3n) is 1.98. The smallest absolute Gasteiger partial charge is 0.123 e. The second-order valence-electron chi connectivity index (χ2n) is 3.26. The van der Waals surface area contributed by atoms with Gasteiger partial charge in [-0.2, -0.15) is 0 Å². The van der Waals surface area contributed by atoms with Gasteiger partial charge in [-0.1, -0.05) is 6.07 Å². The number of hydrogen-bond donors (Lipinski definition) is 1. The predicted octanol–water partition coefficient (Wildman–Crippen LogP) is 1.26. The van der Waals surface area contributed by atoms with Crippen molar-refractivity contribution in [2.45, 2.75) is 12.8 Å². The fourth-order valence-electron chi connectivity index (χ4n) is 1.24. The van der Waals surface area contributed by atoms with Gasteiger partial charge in [-0.25, -0.2) is 4.98 Å². The van der Waals surface area contributed by atoms with Crippen LogP contribution in [0.2, 0.25) is 0 Å². The molecule has 0 aliphatic heterocycles. The monoisotopic (exact) mass is 210 g/mol. The highest BCUT2D eigenvalue weighted by atomic mass is 16.5. The second-order valence-corrected chi connectivity index (χ2v) is 3.26. The van der Waals surface area contributed by atoms with E-state index < -0.39 is 0 Å². The van der Waals surface area contributed by atoms with E-state index in [1.807, 2.05) is 12.1 Å². The van der Waals surface area contributed by atoms with Gasteiger partial charge in [0.25, 0.3) is 0 Å². The highest BCUT2D eigenvalue weighted by molar-refractivity contribution is 5.28. The van der Waals surface area contributed by atoms with Crippen LogP contribution < -0.4 is 5.73 Å². The highest BCUT2D eigenvalue weighted by Crippen LogP contribution is 2.03. The zero-order chi connectivity index (χ0) is 10.9. The van der Waals surface area contributed by atoms with Crippen molar-refractivity contribution < 1.29 is 9.47 Å². The van der Waals surface area contributed by atoms with Crippen LogP contribution in [0.4, 0.5) is 5.82 Å². The van der Waals surface area contributed by atoms with Gasteiger partial charge in [0.2, 0.25) is 0 Å². The van der Waals surface area contributed by atoms with E-state index in [4.69, 9.17) is 15.2 Å². The zero-order valence-corrected chi connectivity index (χ0v) is 9.11. The molecule has 0 bridgehead atoms. The molecule has 0 spiro atoms. The molecule has 1 rings (SSSR count). The molecule has 0 amide bonds. The molecule has 1 heterocycles. The van der Waals surface area contributed by atoms with Crippen LogP contribution >= 0.6 is 0 Å². The topological polar surface area (TPSA) is 57.4 Å². The van der Waals surface area contributed by atoms with Gasteiger partial charge in [-0.15, -0.1) is 0 Å². The lowest BCUT2D eigenvalue weighted by molar-refractivity contribution is 0.0695. The van der Waals surface area contributed by atoms with Crippen LogP contribution in [0.3, 0.4) is 0 Å². The van der Waals surface area contributed by atoms with Crippen molar-refractivity contribution in [1.29, 1.82) is 0 Å².